The fourth-order valence-electron chi connectivity index (χ4n) is 31.5. The quantitative estimate of drug-likeness (QED) is 0.213. The molecule has 0 heterocycles. The van der Waals surface area contributed by atoms with E-state index < -0.39 is 13.3 Å². The molecular formula is C60H90CrSi2. The summed E-state index contributed by atoms with van der Waals surface area (Å²) in [6, 6.07) is 0. The molecule has 24 aliphatic carbocycles. The van der Waals surface area contributed by atoms with Gasteiger partial charge in [-0.2, -0.15) is 0 Å². The molecule has 0 aromatic heterocycles. The van der Waals surface area contributed by atoms with Crippen molar-refractivity contribution in [2.24, 2.45) is 107 Å². The monoisotopic (exact) mass is 919 g/mol. The summed E-state index contributed by atoms with van der Waals surface area (Å²) in [5, 5.41) is 5.36. The van der Waals surface area contributed by atoms with E-state index in [4.69, 9.17) is 0 Å². The summed E-state index contributed by atoms with van der Waals surface area (Å²) in [5.74, 6) is 21.2. The fourth-order valence-corrected chi connectivity index (χ4v) is 87.4. The molecule has 0 spiro atoms. The molecule has 0 aromatic carbocycles. The maximum absolute atomic E-state index is 2.02. The first-order valence-corrected chi connectivity index (χ1v) is 38.0. The van der Waals surface area contributed by atoms with Crippen molar-refractivity contribution in [3.05, 3.63) is 0 Å². The Morgan fingerprint density at radius 3 is 0.365 bits per heavy atom. The first kappa shape index (κ1) is 38.7. The Labute approximate surface area is 392 Å². The Bertz CT molecular complexity index is 1410. The third-order valence-electron chi connectivity index (χ3n) is 29.0. The molecule has 0 amide bonds. The van der Waals surface area contributed by atoms with Gasteiger partial charge in [-0.15, -0.1) is 0 Å². The van der Waals surface area contributed by atoms with Gasteiger partial charge in [0.1, 0.15) is 0 Å². The third-order valence-corrected chi connectivity index (χ3v) is 64.9. The van der Waals surface area contributed by atoms with E-state index in [0.29, 0.717) is 0 Å². The van der Waals surface area contributed by atoms with Crippen LogP contribution in [0, 0.1) is 107 Å². The average Bonchev–Trinajstić information content (AvgIpc) is 3.18. The molecule has 0 N–H and O–H groups in total. The number of hydrogen-bond donors (Lipinski definition) is 0. The maximum atomic E-state index is 1.87. The summed E-state index contributed by atoms with van der Waals surface area (Å²) in [7, 11) is 0. The summed E-state index contributed by atoms with van der Waals surface area (Å²) >= 11 is 1.06. The second kappa shape index (κ2) is 12.3. The van der Waals surface area contributed by atoms with E-state index in [1.807, 2.05) is 116 Å². The van der Waals surface area contributed by atoms with E-state index in [1.54, 1.807) is 116 Å². The second-order valence-corrected chi connectivity index (χ2v) is 51.2. The van der Waals surface area contributed by atoms with Crippen LogP contribution in [0.3, 0.4) is 0 Å². The van der Waals surface area contributed by atoms with E-state index in [1.165, 1.54) is 107 Å². The predicted molar refractivity (Wildman–Crippen MR) is 257 cm³/mol. The average molecular weight is 920 g/mol. The molecule has 344 valence electrons. The van der Waals surface area contributed by atoms with Crippen LogP contribution in [0.1, 0.15) is 231 Å². The molecule has 0 nitrogen and oxygen atoms in total. The SMILES string of the molecule is C1C2CC3CC1CC([Si]([Cr][Si](C14CC5CC(CC(C5)C1)C4)(C14CC5CC(CC(C5)C1)C4)C14CC5CC(CC(C5)C1)C4)(C14CC5CC(CC(C5)C1)C4)C14CC5CC(CC(C5)C1)C4)(C2)C3. The number of rotatable bonds is 8. The van der Waals surface area contributed by atoms with E-state index in [0.717, 1.165) is 44.2 Å². The molecule has 24 aliphatic rings. The van der Waals surface area contributed by atoms with Crippen LogP contribution >= 0.6 is 0 Å². The molecule has 3 heteroatoms. The van der Waals surface area contributed by atoms with Crippen molar-refractivity contribution in [1.82, 2.24) is 0 Å². The Kier molecular flexibility index (Phi) is 7.58. The van der Waals surface area contributed by atoms with Crippen LogP contribution in [-0.4, -0.2) is 13.3 Å². The van der Waals surface area contributed by atoms with Crippen LogP contribution in [0.4, 0.5) is 0 Å². The van der Waals surface area contributed by atoms with Gasteiger partial charge >= 0.3 is 395 Å². The zero-order valence-electron chi connectivity index (χ0n) is 40.3. The minimum atomic E-state index is -2.02. The van der Waals surface area contributed by atoms with E-state index in [9.17, 15) is 0 Å². The topological polar surface area (TPSA) is 0 Å². The molecule has 0 aromatic rings. The Balaban J connectivity index is 0.977. The van der Waals surface area contributed by atoms with Crippen LogP contribution in [0.5, 0.6) is 0 Å². The molecule has 24 saturated carbocycles. The van der Waals surface area contributed by atoms with E-state index in [2.05, 4.69) is 0 Å². The molecule has 0 saturated heterocycles. The molecule has 63 heavy (non-hydrogen) atoms. The Morgan fingerprint density at radius 2 is 0.270 bits per heavy atom. The van der Waals surface area contributed by atoms with Gasteiger partial charge in [-0.3, -0.25) is 0 Å². The van der Waals surface area contributed by atoms with Crippen LogP contribution in [0.25, 0.3) is 0 Å². The predicted octanol–water partition coefficient (Wildman–Crippen LogP) is 16.8. The van der Waals surface area contributed by atoms with E-state index >= 15 is 0 Å². The van der Waals surface area contributed by atoms with Crippen molar-refractivity contribution in [2.45, 2.75) is 261 Å². The molecule has 24 fully saturated rings. The van der Waals surface area contributed by atoms with Crippen molar-refractivity contribution in [1.29, 1.82) is 0 Å². The van der Waals surface area contributed by atoms with Gasteiger partial charge in [-0.1, -0.05) is 0 Å². The Hall–Kier alpha value is 0.966. The summed E-state index contributed by atoms with van der Waals surface area (Å²) in [4.78, 5) is 0. The van der Waals surface area contributed by atoms with Crippen molar-refractivity contribution in [3.63, 3.8) is 0 Å². The van der Waals surface area contributed by atoms with Crippen LogP contribution < -0.4 is 0 Å². The first-order valence-electron chi connectivity index (χ1n) is 30.3. The van der Waals surface area contributed by atoms with Gasteiger partial charge in [0.05, 0.1) is 0 Å². The van der Waals surface area contributed by atoms with Gasteiger partial charge in [0, 0.05) is 0 Å². The first-order chi connectivity index (χ1) is 30.6. The standard InChI is InChI=1S/2C30H45Si.Cr/c2*1-19-2-21-3-20(1)11-28(10-19,12-21)31(29-13-22-4-23(14-29)6-24(5-22)15-29)30-16-25-7-26(17-30)9-27(8-25)18-30;/h2*19-27H,1-18H2;. The van der Waals surface area contributed by atoms with Crippen molar-refractivity contribution in [2.75, 3.05) is 0 Å². The van der Waals surface area contributed by atoms with Gasteiger partial charge in [0.25, 0.3) is 0 Å². The Morgan fingerprint density at radius 1 is 0.175 bits per heavy atom. The molecular weight excluding hydrogens is 829 g/mol. The normalized spacial score (nSPS) is 66.1. The van der Waals surface area contributed by atoms with Crippen LogP contribution in [0.15, 0.2) is 0 Å². The molecule has 0 radical (unpaired) electrons. The summed E-state index contributed by atoms with van der Waals surface area (Å²) < 4.78 is 0. The molecule has 24 rings (SSSR count). The van der Waals surface area contributed by atoms with Crippen LogP contribution in [0.2, 0.25) is 30.2 Å². The van der Waals surface area contributed by atoms with Gasteiger partial charge in [-0.25, -0.2) is 0 Å². The molecule has 0 aliphatic heterocycles. The number of hydrogen-bond acceptors (Lipinski definition) is 0. The van der Waals surface area contributed by atoms with Gasteiger partial charge < -0.3 is 0 Å². The minimum absolute atomic E-state index is 0.893. The van der Waals surface area contributed by atoms with Crippen LogP contribution in [-0.2, 0) is 13.9 Å². The zero-order chi connectivity index (χ0) is 40.6. The fraction of sp³-hybridized carbons (Fsp3) is 1.00. The van der Waals surface area contributed by atoms with E-state index in [-0.39, 0.29) is 0 Å². The summed E-state index contributed by atoms with van der Waals surface area (Å²) in [5.41, 5.74) is 0. The van der Waals surface area contributed by atoms with Gasteiger partial charge in [0.15, 0.2) is 0 Å². The third kappa shape index (κ3) is 4.71. The molecule has 24 bridgehead atoms. The van der Waals surface area contributed by atoms with Crippen molar-refractivity contribution < 1.29 is 13.9 Å². The summed E-state index contributed by atoms with van der Waals surface area (Å²) in [6.07, 6.45) is 64.6. The van der Waals surface area contributed by atoms with Gasteiger partial charge in [-0.05, 0) is 0 Å². The van der Waals surface area contributed by atoms with Gasteiger partial charge in [0.2, 0.25) is 0 Å². The molecule has 0 unspecified atom stereocenters. The van der Waals surface area contributed by atoms with Crippen molar-refractivity contribution >= 4 is 13.3 Å². The van der Waals surface area contributed by atoms with Crippen molar-refractivity contribution in [3.8, 4) is 0 Å². The second-order valence-electron chi connectivity index (χ2n) is 32.7. The summed E-state index contributed by atoms with van der Waals surface area (Å²) in [6.45, 7) is -4.04. The zero-order valence-corrected chi connectivity index (χ0v) is 43.5. The molecule has 0 atom stereocenters.